The van der Waals surface area contributed by atoms with E-state index in [9.17, 15) is 0 Å². The lowest BCUT2D eigenvalue weighted by molar-refractivity contribution is 0.648. The zero-order valence-electron chi connectivity index (χ0n) is 29.3. The SMILES string of the molecule is Cc1ccccc1N(c1ccc2c(c1)Sc1c(ccc3c1oc1ccccc13)C21c2ccccc2-c2ccccc21)c1cccc2c1oc1ccccc12. The molecule has 254 valence electrons. The van der Waals surface area contributed by atoms with Crippen LogP contribution in [0.3, 0.4) is 0 Å². The lowest BCUT2D eigenvalue weighted by atomic mass is 9.67. The number of rotatable bonds is 3. The molecule has 8 aromatic carbocycles. The lowest BCUT2D eigenvalue weighted by Gasteiger charge is -2.40. The Bertz CT molecular complexity index is 3140. The highest BCUT2D eigenvalue weighted by Gasteiger charge is 2.51. The molecule has 1 aliphatic heterocycles. The van der Waals surface area contributed by atoms with Crippen LogP contribution in [0.5, 0.6) is 0 Å². The van der Waals surface area contributed by atoms with Crippen molar-refractivity contribution in [3.63, 3.8) is 0 Å². The molecule has 0 N–H and O–H groups in total. The fourth-order valence-electron chi connectivity index (χ4n) is 9.41. The zero-order valence-corrected chi connectivity index (χ0v) is 30.2. The third kappa shape index (κ3) is 3.88. The summed E-state index contributed by atoms with van der Waals surface area (Å²) in [5.74, 6) is 0. The molecule has 12 rings (SSSR count). The van der Waals surface area contributed by atoms with E-state index in [0.717, 1.165) is 60.9 Å². The Morgan fingerprint density at radius 2 is 1.04 bits per heavy atom. The highest BCUT2D eigenvalue weighted by molar-refractivity contribution is 7.99. The van der Waals surface area contributed by atoms with E-state index in [1.165, 1.54) is 48.7 Å². The maximum absolute atomic E-state index is 6.81. The highest BCUT2D eigenvalue weighted by Crippen LogP contribution is 2.64. The van der Waals surface area contributed by atoms with E-state index in [1.54, 1.807) is 0 Å². The van der Waals surface area contributed by atoms with E-state index in [4.69, 9.17) is 8.83 Å². The largest absolute Gasteiger partial charge is 0.455 e. The van der Waals surface area contributed by atoms with Crippen molar-refractivity contribution in [2.45, 2.75) is 22.1 Å². The minimum Gasteiger partial charge on any atom is -0.455 e. The summed E-state index contributed by atoms with van der Waals surface area (Å²) in [5.41, 5.74) is 15.2. The summed E-state index contributed by atoms with van der Waals surface area (Å²) in [4.78, 5) is 4.75. The fourth-order valence-corrected chi connectivity index (χ4v) is 10.7. The van der Waals surface area contributed by atoms with Gasteiger partial charge in [0, 0.05) is 37.8 Å². The van der Waals surface area contributed by atoms with Crippen LogP contribution >= 0.6 is 11.8 Å². The smallest absolute Gasteiger partial charge is 0.159 e. The van der Waals surface area contributed by atoms with Gasteiger partial charge in [-0.2, -0.15) is 0 Å². The molecule has 1 spiro atoms. The minimum absolute atomic E-state index is 0.527. The number of aryl methyl sites for hydroxylation is 1. The highest BCUT2D eigenvalue weighted by atomic mass is 32.2. The van der Waals surface area contributed by atoms with Crippen molar-refractivity contribution in [1.29, 1.82) is 0 Å². The number of nitrogens with zero attached hydrogens (tertiary/aromatic N) is 1. The first-order chi connectivity index (χ1) is 26.7. The summed E-state index contributed by atoms with van der Waals surface area (Å²) >= 11 is 1.83. The molecule has 0 saturated carbocycles. The second-order valence-corrected chi connectivity index (χ2v) is 15.5. The molecule has 3 heterocycles. The summed E-state index contributed by atoms with van der Waals surface area (Å²) in [6, 6.07) is 61.5. The Labute approximate surface area is 316 Å². The van der Waals surface area contributed by atoms with Crippen molar-refractivity contribution in [1.82, 2.24) is 0 Å². The van der Waals surface area contributed by atoms with Gasteiger partial charge in [0.05, 0.1) is 16.0 Å². The number of hydrogen-bond acceptors (Lipinski definition) is 4. The predicted octanol–water partition coefficient (Wildman–Crippen LogP) is 14.1. The van der Waals surface area contributed by atoms with Crippen LogP contribution in [-0.4, -0.2) is 0 Å². The molecule has 0 atom stereocenters. The van der Waals surface area contributed by atoms with Crippen LogP contribution < -0.4 is 4.90 Å². The zero-order chi connectivity index (χ0) is 35.5. The normalized spacial score (nSPS) is 13.7. The first-order valence-corrected chi connectivity index (χ1v) is 19.2. The van der Waals surface area contributed by atoms with Gasteiger partial charge in [-0.1, -0.05) is 145 Å². The average Bonchev–Trinajstić information content (AvgIpc) is 3.89. The van der Waals surface area contributed by atoms with Gasteiger partial charge in [-0.05, 0) is 82.3 Å². The molecule has 3 nitrogen and oxygen atoms in total. The molecule has 2 aromatic heterocycles. The van der Waals surface area contributed by atoms with Gasteiger partial charge in [-0.3, -0.25) is 0 Å². The average molecular weight is 710 g/mol. The molecule has 4 heteroatoms. The molecular formula is C50H31NO2S. The summed E-state index contributed by atoms with van der Waals surface area (Å²) < 4.78 is 13.5. The molecule has 0 saturated heterocycles. The summed E-state index contributed by atoms with van der Waals surface area (Å²) in [6.07, 6.45) is 0. The number of para-hydroxylation sites is 4. The van der Waals surface area contributed by atoms with Gasteiger partial charge in [0.25, 0.3) is 0 Å². The van der Waals surface area contributed by atoms with Crippen molar-refractivity contribution in [2.24, 2.45) is 0 Å². The standard InChI is InChI=1S/C50H31NO2S/c1-30-13-2-9-21-42(30)51(43-22-12-18-36-34-16-5-10-23-44(34)52-47(36)43)31-25-27-40-46(29-31)54-49-41(28-26-37-35-17-6-11-24-45(35)53-48(37)49)50(40)38-19-7-3-14-32(38)33-15-4-8-20-39(33)50/h2-29H,1H3. The maximum Gasteiger partial charge on any atom is 0.159 e. The quantitative estimate of drug-likeness (QED) is 0.183. The first kappa shape index (κ1) is 30.0. The lowest BCUT2D eigenvalue weighted by Crippen LogP contribution is -2.32. The van der Waals surface area contributed by atoms with Gasteiger partial charge in [0.2, 0.25) is 0 Å². The van der Waals surface area contributed by atoms with Crippen molar-refractivity contribution >= 4 is 72.7 Å². The van der Waals surface area contributed by atoms with Crippen LogP contribution in [-0.2, 0) is 5.41 Å². The van der Waals surface area contributed by atoms with Crippen LogP contribution in [0.1, 0.15) is 27.8 Å². The van der Waals surface area contributed by atoms with Crippen molar-refractivity contribution in [3.05, 3.63) is 198 Å². The topological polar surface area (TPSA) is 29.5 Å². The third-order valence-electron chi connectivity index (χ3n) is 11.7. The summed E-state index contributed by atoms with van der Waals surface area (Å²) in [5, 5.41) is 4.51. The van der Waals surface area contributed by atoms with Crippen molar-refractivity contribution < 1.29 is 8.83 Å². The summed E-state index contributed by atoms with van der Waals surface area (Å²) in [6.45, 7) is 2.18. The van der Waals surface area contributed by atoms with Gasteiger partial charge in [-0.25, -0.2) is 0 Å². The van der Waals surface area contributed by atoms with Gasteiger partial charge >= 0.3 is 0 Å². The number of furan rings is 2. The fraction of sp³-hybridized carbons (Fsp3) is 0.0400. The Kier molecular flexibility index (Phi) is 6.12. The molecule has 0 radical (unpaired) electrons. The van der Waals surface area contributed by atoms with Crippen LogP contribution in [0.25, 0.3) is 55.0 Å². The minimum atomic E-state index is -0.527. The van der Waals surface area contributed by atoms with Crippen molar-refractivity contribution in [3.8, 4) is 11.1 Å². The molecule has 0 amide bonds. The van der Waals surface area contributed by atoms with E-state index >= 15 is 0 Å². The second-order valence-electron chi connectivity index (χ2n) is 14.4. The van der Waals surface area contributed by atoms with Crippen LogP contribution in [0.15, 0.2) is 188 Å². The Balaban J connectivity index is 1.17. The van der Waals surface area contributed by atoms with Crippen molar-refractivity contribution in [2.75, 3.05) is 4.90 Å². The molecule has 1 aliphatic carbocycles. The van der Waals surface area contributed by atoms with E-state index < -0.39 is 5.41 Å². The van der Waals surface area contributed by atoms with Gasteiger partial charge in [-0.15, -0.1) is 0 Å². The molecule has 0 bridgehead atoms. The number of anilines is 3. The molecule has 10 aromatic rings. The second kappa shape index (κ2) is 11.0. The molecule has 0 unspecified atom stereocenters. The Hall–Kier alpha value is -6.49. The van der Waals surface area contributed by atoms with Crippen LogP contribution in [0.2, 0.25) is 0 Å². The van der Waals surface area contributed by atoms with Gasteiger partial charge < -0.3 is 13.7 Å². The molecular weight excluding hydrogens is 679 g/mol. The monoisotopic (exact) mass is 709 g/mol. The Morgan fingerprint density at radius 3 is 1.78 bits per heavy atom. The van der Waals surface area contributed by atoms with E-state index in [-0.39, 0.29) is 0 Å². The molecule has 2 aliphatic rings. The van der Waals surface area contributed by atoms with E-state index in [2.05, 4.69) is 176 Å². The maximum atomic E-state index is 6.81. The van der Waals surface area contributed by atoms with Gasteiger partial charge in [0.15, 0.2) is 5.58 Å². The Morgan fingerprint density at radius 1 is 0.463 bits per heavy atom. The number of benzene rings is 8. The summed E-state index contributed by atoms with van der Waals surface area (Å²) in [7, 11) is 0. The van der Waals surface area contributed by atoms with E-state index in [1.807, 2.05) is 17.8 Å². The van der Waals surface area contributed by atoms with Gasteiger partial charge in [0.1, 0.15) is 16.7 Å². The number of hydrogen-bond donors (Lipinski definition) is 0. The third-order valence-corrected chi connectivity index (χ3v) is 12.8. The molecule has 54 heavy (non-hydrogen) atoms. The predicted molar refractivity (Wildman–Crippen MR) is 222 cm³/mol. The molecule has 0 fully saturated rings. The van der Waals surface area contributed by atoms with Crippen LogP contribution in [0, 0.1) is 6.92 Å². The van der Waals surface area contributed by atoms with Crippen LogP contribution in [0.4, 0.5) is 17.1 Å². The first-order valence-electron chi connectivity index (χ1n) is 18.4. The number of fused-ring (bicyclic) bond motifs is 16. The van der Waals surface area contributed by atoms with E-state index in [0.29, 0.717) is 0 Å².